The molecule has 0 radical (unpaired) electrons. The monoisotopic (exact) mass is 550 g/mol. The van der Waals surface area contributed by atoms with Crippen LogP contribution in [0, 0.1) is 0 Å². The number of benzene rings is 4. The highest BCUT2D eigenvalue weighted by Crippen LogP contribution is 2.22. The van der Waals surface area contributed by atoms with Crippen LogP contribution in [0.25, 0.3) is 12.2 Å². The van der Waals surface area contributed by atoms with Gasteiger partial charge >= 0.3 is 0 Å². The molecule has 200 valence electrons. The van der Waals surface area contributed by atoms with Crippen molar-refractivity contribution in [3.05, 3.63) is 142 Å². The zero-order chi connectivity index (χ0) is 28.3. The van der Waals surface area contributed by atoms with E-state index in [0.29, 0.717) is 39.8 Å². The first-order chi connectivity index (χ1) is 19.4. The summed E-state index contributed by atoms with van der Waals surface area (Å²) in [7, 11) is 0. The molecule has 0 aliphatic carbocycles. The molecule has 0 spiro atoms. The van der Waals surface area contributed by atoms with E-state index in [2.05, 4.69) is 10.6 Å². The van der Waals surface area contributed by atoms with Gasteiger partial charge in [-0.1, -0.05) is 66.2 Å². The molecule has 6 nitrogen and oxygen atoms in total. The number of nitrogens with one attached hydrogen (secondary N) is 2. The highest BCUT2D eigenvalue weighted by molar-refractivity contribution is 6.32. The number of anilines is 1. The number of allylic oxidation sites excluding steroid dienone is 1. The second kappa shape index (κ2) is 13.7. The number of carbonyl (C=O) groups is 3. The number of amides is 2. The van der Waals surface area contributed by atoms with Gasteiger partial charge in [-0.2, -0.15) is 0 Å². The Labute approximate surface area is 238 Å². The van der Waals surface area contributed by atoms with Crippen LogP contribution < -0.4 is 15.4 Å². The summed E-state index contributed by atoms with van der Waals surface area (Å²) in [6, 6.07) is 29.6. The van der Waals surface area contributed by atoms with E-state index < -0.39 is 11.8 Å². The Morgan fingerprint density at radius 1 is 0.775 bits per heavy atom. The Bertz CT molecular complexity index is 1560. The lowest BCUT2D eigenvalue weighted by Crippen LogP contribution is -2.30. The molecule has 0 saturated carbocycles. The van der Waals surface area contributed by atoms with Gasteiger partial charge in [-0.25, -0.2) is 0 Å². The van der Waals surface area contributed by atoms with E-state index in [1.54, 1.807) is 84.9 Å². The fraction of sp³-hybridized carbons (Fsp3) is 0.0606. The van der Waals surface area contributed by atoms with E-state index in [1.165, 1.54) is 6.08 Å². The molecule has 0 aromatic heterocycles. The highest BCUT2D eigenvalue weighted by atomic mass is 35.5. The molecule has 7 heteroatoms. The lowest BCUT2D eigenvalue weighted by atomic mass is 10.1. The van der Waals surface area contributed by atoms with Gasteiger partial charge in [0.2, 0.25) is 0 Å². The molecule has 0 aliphatic rings. The SMILES string of the molecule is CCOc1ccccc1/C=C(\NC(=O)c1ccccc1)C(=O)Nc1ccc(C(=O)/C=C/c2ccccc2Cl)cc1. The number of ether oxygens (including phenoxy) is 1. The van der Waals surface area contributed by atoms with Crippen LogP contribution in [0.2, 0.25) is 5.02 Å². The zero-order valence-corrected chi connectivity index (χ0v) is 22.5. The number of carbonyl (C=O) groups excluding carboxylic acids is 3. The predicted octanol–water partition coefficient (Wildman–Crippen LogP) is 7.04. The number of halogens is 1. The number of hydrogen-bond acceptors (Lipinski definition) is 4. The zero-order valence-electron chi connectivity index (χ0n) is 21.8. The van der Waals surface area contributed by atoms with Crippen LogP contribution in [0.3, 0.4) is 0 Å². The second-order valence-electron chi connectivity index (χ2n) is 8.60. The maximum absolute atomic E-state index is 13.3. The molecule has 4 aromatic rings. The van der Waals surface area contributed by atoms with Crippen LogP contribution in [0.15, 0.2) is 115 Å². The average molecular weight is 551 g/mol. The third-order valence-electron chi connectivity index (χ3n) is 5.79. The van der Waals surface area contributed by atoms with Crippen molar-refractivity contribution in [3.63, 3.8) is 0 Å². The van der Waals surface area contributed by atoms with Gasteiger partial charge < -0.3 is 15.4 Å². The smallest absolute Gasteiger partial charge is 0.272 e. The summed E-state index contributed by atoms with van der Waals surface area (Å²) in [5, 5.41) is 6.06. The lowest BCUT2D eigenvalue weighted by molar-refractivity contribution is -0.113. The van der Waals surface area contributed by atoms with Crippen LogP contribution in [0.5, 0.6) is 5.75 Å². The second-order valence-corrected chi connectivity index (χ2v) is 9.01. The van der Waals surface area contributed by atoms with Crippen molar-refractivity contribution in [2.45, 2.75) is 6.92 Å². The molecule has 2 amide bonds. The van der Waals surface area contributed by atoms with Crippen molar-refractivity contribution in [1.29, 1.82) is 0 Å². The number of ketones is 1. The van der Waals surface area contributed by atoms with Crippen molar-refractivity contribution in [1.82, 2.24) is 5.32 Å². The molecule has 0 saturated heterocycles. The van der Waals surface area contributed by atoms with Crippen LogP contribution in [0.1, 0.15) is 38.8 Å². The first-order valence-corrected chi connectivity index (χ1v) is 13.0. The normalized spacial score (nSPS) is 11.2. The van der Waals surface area contributed by atoms with E-state index in [1.807, 2.05) is 37.3 Å². The van der Waals surface area contributed by atoms with Crippen LogP contribution in [-0.4, -0.2) is 24.2 Å². The number of hydrogen-bond donors (Lipinski definition) is 2. The summed E-state index contributed by atoms with van der Waals surface area (Å²) in [5.41, 5.74) is 2.71. The Kier molecular flexibility index (Phi) is 9.64. The molecule has 0 aliphatic heterocycles. The van der Waals surface area contributed by atoms with Gasteiger partial charge in [0.25, 0.3) is 11.8 Å². The Balaban J connectivity index is 1.53. The van der Waals surface area contributed by atoms with Crippen LogP contribution in [-0.2, 0) is 4.79 Å². The van der Waals surface area contributed by atoms with Crippen molar-refractivity contribution in [2.75, 3.05) is 11.9 Å². The third kappa shape index (κ3) is 7.56. The fourth-order valence-electron chi connectivity index (χ4n) is 3.77. The van der Waals surface area contributed by atoms with E-state index in [-0.39, 0.29) is 11.5 Å². The minimum absolute atomic E-state index is 0.0313. The van der Waals surface area contributed by atoms with Gasteiger partial charge in [0.15, 0.2) is 5.78 Å². The first kappa shape index (κ1) is 28.1. The maximum Gasteiger partial charge on any atom is 0.272 e. The first-order valence-electron chi connectivity index (χ1n) is 12.6. The fourth-order valence-corrected chi connectivity index (χ4v) is 3.97. The van der Waals surface area contributed by atoms with E-state index in [0.717, 1.165) is 5.56 Å². The molecule has 0 atom stereocenters. The topological polar surface area (TPSA) is 84.5 Å². The van der Waals surface area contributed by atoms with Crippen molar-refractivity contribution < 1.29 is 19.1 Å². The minimum atomic E-state index is -0.534. The maximum atomic E-state index is 13.3. The third-order valence-corrected chi connectivity index (χ3v) is 6.14. The number of rotatable bonds is 10. The Morgan fingerprint density at radius 3 is 2.12 bits per heavy atom. The lowest BCUT2D eigenvalue weighted by Gasteiger charge is -2.13. The highest BCUT2D eigenvalue weighted by Gasteiger charge is 2.16. The molecule has 0 fully saturated rings. The van der Waals surface area contributed by atoms with Gasteiger partial charge in [0.1, 0.15) is 11.4 Å². The molecule has 0 bridgehead atoms. The summed E-state index contributed by atoms with van der Waals surface area (Å²) in [6.45, 7) is 2.31. The van der Waals surface area contributed by atoms with Crippen molar-refractivity contribution >= 4 is 47.0 Å². The van der Waals surface area contributed by atoms with Crippen molar-refractivity contribution in [3.8, 4) is 5.75 Å². The average Bonchev–Trinajstić information content (AvgIpc) is 2.98. The molecule has 40 heavy (non-hydrogen) atoms. The molecule has 4 aromatic carbocycles. The summed E-state index contributed by atoms with van der Waals surface area (Å²) in [6.07, 6.45) is 4.68. The van der Waals surface area contributed by atoms with Gasteiger partial charge in [0, 0.05) is 27.4 Å². The molecule has 0 heterocycles. The standard InChI is InChI=1S/C33H27ClN2O4/c1-2-40-31-15-9-7-13-26(31)22-29(36-32(38)25-11-4-3-5-12-25)33(39)35-27-19-16-24(17-20-27)30(37)21-18-23-10-6-8-14-28(23)34/h3-22H,2H2,1H3,(H,35,39)(H,36,38)/b21-18+,29-22-. The van der Waals surface area contributed by atoms with Gasteiger partial charge in [-0.3, -0.25) is 14.4 Å². The van der Waals surface area contributed by atoms with Crippen molar-refractivity contribution in [2.24, 2.45) is 0 Å². The Morgan fingerprint density at radius 2 is 1.43 bits per heavy atom. The molecule has 4 rings (SSSR count). The Hall–Kier alpha value is -4.94. The summed E-state index contributed by atoms with van der Waals surface area (Å²) in [5.74, 6) is -0.589. The van der Waals surface area contributed by atoms with Crippen LogP contribution in [0.4, 0.5) is 5.69 Å². The van der Waals surface area contributed by atoms with Gasteiger partial charge in [-0.15, -0.1) is 0 Å². The molecule has 0 unspecified atom stereocenters. The molecule has 2 N–H and O–H groups in total. The quantitative estimate of drug-likeness (QED) is 0.164. The molecular weight excluding hydrogens is 524 g/mol. The van der Waals surface area contributed by atoms with E-state index >= 15 is 0 Å². The molecular formula is C33H27ClN2O4. The van der Waals surface area contributed by atoms with E-state index in [4.69, 9.17) is 16.3 Å². The summed E-state index contributed by atoms with van der Waals surface area (Å²) in [4.78, 5) is 38.9. The predicted molar refractivity (Wildman–Crippen MR) is 159 cm³/mol. The summed E-state index contributed by atoms with van der Waals surface area (Å²) >= 11 is 6.15. The van der Waals surface area contributed by atoms with Gasteiger partial charge in [0.05, 0.1) is 6.61 Å². The summed E-state index contributed by atoms with van der Waals surface area (Å²) < 4.78 is 5.68. The minimum Gasteiger partial charge on any atom is -0.493 e. The largest absolute Gasteiger partial charge is 0.493 e. The van der Waals surface area contributed by atoms with Crippen LogP contribution >= 0.6 is 11.6 Å². The van der Waals surface area contributed by atoms with E-state index in [9.17, 15) is 14.4 Å². The van der Waals surface area contributed by atoms with Gasteiger partial charge in [-0.05, 0) is 79.2 Å². The number of para-hydroxylation sites is 1.